The van der Waals surface area contributed by atoms with Crippen LogP contribution in [0.25, 0.3) is 5.69 Å². The van der Waals surface area contributed by atoms with Crippen molar-refractivity contribution in [2.24, 2.45) is 0 Å². The van der Waals surface area contributed by atoms with E-state index in [9.17, 15) is 26.4 Å². The Balaban J connectivity index is 2.07. The number of alkyl halides is 3. The fourth-order valence-corrected chi connectivity index (χ4v) is 3.42. The minimum atomic E-state index is -4.76. The number of benzene rings is 2. The number of aromatic carboxylic acids is 1. The van der Waals surface area contributed by atoms with Gasteiger partial charge in [-0.15, -0.1) is 0 Å². The summed E-state index contributed by atoms with van der Waals surface area (Å²) < 4.78 is 67.6. The Morgan fingerprint density at radius 1 is 1.11 bits per heavy atom. The Labute approximate surface area is 157 Å². The van der Waals surface area contributed by atoms with Gasteiger partial charge in [0.05, 0.1) is 33.6 Å². The van der Waals surface area contributed by atoms with E-state index >= 15 is 0 Å². The normalized spacial score (nSPS) is 12.0. The van der Waals surface area contributed by atoms with E-state index in [1.807, 2.05) is 0 Å². The number of sulfonamides is 1. The summed E-state index contributed by atoms with van der Waals surface area (Å²) in [5, 5.41) is 12.7. The molecule has 1 heterocycles. The van der Waals surface area contributed by atoms with Gasteiger partial charge in [-0.1, -0.05) is 18.2 Å². The second-order valence-electron chi connectivity index (χ2n) is 5.66. The van der Waals surface area contributed by atoms with Crippen molar-refractivity contribution in [1.29, 1.82) is 0 Å². The van der Waals surface area contributed by atoms with Crippen molar-refractivity contribution in [2.75, 3.05) is 4.72 Å². The number of halogens is 3. The topological polar surface area (TPSA) is 101 Å². The zero-order valence-electron chi connectivity index (χ0n) is 13.9. The average Bonchev–Trinajstić information content (AvgIpc) is 3.11. The van der Waals surface area contributed by atoms with Crippen LogP contribution in [-0.2, 0) is 16.2 Å². The largest absolute Gasteiger partial charge is 0.478 e. The van der Waals surface area contributed by atoms with Crippen molar-refractivity contribution < 1.29 is 31.5 Å². The molecule has 0 radical (unpaired) electrons. The van der Waals surface area contributed by atoms with Crippen LogP contribution in [0.15, 0.2) is 65.8 Å². The lowest BCUT2D eigenvalue weighted by molar-refractivity contribution is -0.137. The van der Waals surface area contributed by atoms with E-state index in [0.29, 0.717) is 6.07 Å². The van der Waals surface area contributed by atoms with E-state index in [2.05, 4.69) is 9.82 Å². The fourth-order valence-electron chi connectivity index (χ4n) is 2.35. The van der Waals surface area contributed by atoms with Crippen LogP contribution in [0.2, 0.25) is 0 Å². The van der Waals surface area contributed by atoms with E-state index < -0.39 is 27.7 Å². The van der Waals surface area contributed by atoms with Crippen LogP contribution in [-0.4, -0.2) is 29.3 Å². The maximum Gasteiger partial charge on any atom is 0.416 e. The SMILES string of the molecule is O=C(O)c1cnn(-c2cc(NS(=O)(=O)c3ccccc3)cc(C(F)(F)F)c2)c1. The fraction of sp³-hybridized carbons (Fsp3) is 0.0588. The predicted octanol–water partition coefficient (Wildman–Crippen LogP) is 3.39. The van der Waals surface area contributed by atoms with Gasteiger partial charge in [-0.3, -0.25) is 4.72 Å². The lowest BCUT2D eigenvalue weighted by Crippen LogP contribution is -2.15. The highest BCUT2D eigenvalue weighted by molar-refractivity contribution is 7.92. The molecule has 11 heteroatoms. The zero-order chi connectivity index (χ0) is 20.5. The van der Waals surface area contributed by atoms with Gasteiger partial charge in [-0.25, -0.2) is 17.9 Å². The average molecular weight is 411 g/mol. The van der Waals surface area contributed by atoms with Gasteiger partial charge in [0.1, 0.15) is 0 Å². The van der Waals surface area contributed by atoms with Crippen LogP contribution < -0.4 is 4.72 Å². The molecule has 0 bridgehead atoms. The molecule has 0 aliphatic rings. The third-order valence-electron chi connectivity index (χ3n) is 3.64. The van der Waals surface area contributed by atoms with Crippen molar-refractivity contribution >= 4 is 21.7 Å². The summed E-state index contributed by atoms with van der Waals surface area (Å²) >= 11 is 0. The Bertz CT molecular complexity index is 1130. The summed E-state index contributed by atoms with van der Waals surface area (Å²) in [4.78, 5) is 10.8. The van der Waals surface area contributed by atoms with E-state index in [1.54, 1.807) is 6.07 Å². The highest BCUT2D eigenvalue weighted by Gasteiger charge is 2.32. The molecule has 0 spiro atoms. The summed E-state index contributed by atoms with van der Waals surface area (Å²) in [7, 11) is -4.12. The molecule has 0 amide bonds. The molecule has 0 saturated heterocycles. The minimum absolute atomic E-state index is 0.124. The Morgan fingerprint density at radius 2 is 1.79 bits per heavy atom. The van der Waals surface area contributed by atoms with Crippen LogP contribution in [0.4, 0.5) is 18.9 Å². The number of carboxylic acids is 1. The molecule has 2 aromatic carbocycles. The lowest BCUT2D eigenvalue weighted by Gasteiger charge is -2.14. The second kappa shape index (κ2) is 7.00. The maximum atomic E-state index is 13.3. The number of hydrogen-bond donors (Lipinski definition) is 2. The highest BCUT2D eigenvalue weighted by Crippen LogP contribution is 2.33. The first kappa shape index (κ1) is 19.4. The van der Waals surface area contributed by atoms with Crippen LogP contribution in [0.5, 0.6) is 0 Å². The number of nitrogens with zero attached hydrogens (tertiary/aromatic N) is 2. The van der Waals surface area contributed by atoms with Crippen molar-refractivity contribution in [2.45, 2.75) is 11.1 Å². The van der Waals surface area contributed by atoms with Gasteiger partial charge in [-0.2, -0.15) is 18.3 Å². The summed E-state index contributed by atoms with van der Waals surface area (Å²) in [6.07, 6.45) is -2.77. The number of rotatable bonds is 5. The van der Waals surface area contributed by atoms with Gasteiger partial charge in [0, 0.05) is 6.20 Å². The van der Waals surface area contributed by atoms with Gasteiger partial charge in [0.2, 0.25) is 0 Å². The number of carboxylic acid groups (broad SMARTS) is 1. The summed E-state index contributed by atoms with van der Waals surface area (Å²) in [5.41, 5.74) is -1.86. The van der Waals surface area contributed by atoms with Crippen LogP contribution in [0, 0.1) is 0 Å². The smallest absolute Gasteiger partial charge is 0.416 e. The molecule has 7 nitrogen and oxygen atoms in total. The molecule has 146 valence electrons. The standard InChI is InChI=1S/C17H12F3N3O4S/c18-17(19,20)12-6-13(22-28(26,27)15-4-2-1-3-5-15)8-14(7-12)23-10-11(9-21-23)16(24)25/h1-10,22H,(H,24,25). The highest BCUT2D eigenvalue weighted by atomic mass is 32.2. The van der Waals surface area contributed by atoms with Crippen molar-refractivity contribution in [3.63, 3.8) is 0 Å². The zero-order valence-corrected chi connectivity index (χ0v) is 14.7. The second-order valence-corrected chi connectivity index (χ2v) is 7.35. The van der Waals surface area contributed by atoms with Crippen LogP contribution in [0.3, 0.4) is 0 Å². The molecule has 3 rings (SSSR count). The Hall–Kier alpha value is -3.34. The van der Waals surface area contributed by atoms with Gasteiger partial charge in [-0.05, 0) is 30.3 Å². The Morgan fingerprint density at radius 3 is 2.36 bits per heavy atom. The van der Waals surface area contributed by atoms with Gasteiger partial charge in [0.25, 0.3) is 10.0 Å². The van der Waals surface area contributed by atoms with Crippen molar-refractivity contribution in [3.05, 3.63) is 72.1 Å². The Kier molecular flexibility index (Phi) is 4.86. The van der Waals surface area contributed by atoms with Gasteiger partial charge >= 0.3 is 12.1 Å². The molecule has 0 aliphatic heterocycles. The number of nitrogens with one attached hydrogen (secondary N) is 1. The van der Waals surface area contributed by atoms with Gasteiger partial charge < -0.3 is 5.11 Å². The molecular weight excluding hydrogens is 399 g/mol. The maximum absolute atomic E-state index is 13.3. The predicted molar refractivity (Wildman–Crippen MR) is 92.8 cm³/mol. The van der Waals surface area contributed by atoms with Crippen LogP contribution in [0.1, 0.15) is 15.9 Å². The van der Waals surface area contributed by atoms with Gasteiger partial charge in [0.15, 0.2) is 0 Å². The number of carbonyl (C=O) groups is 1. The minimum Gasteiger partial charge on any atom is -0.478 e. The number of aromatic nitrogens is 2. The van der Waals surface area contributed by atoms with E-state index in [4.69, 9.17) is 5.11 Å². The molecule has 0 saturated carbocycles. The van der Waals surface area contributed by atoms with E-state index in [0.717, 1.165) is 29.2 Å². The molecule has 2 N–H and O–H groups in total. The third-order valence-corrected chi connectivity index (χ3v) is 5.04. The van der Waals surface area contributed by atoms with Crippen molar-refractivity contribution in [3.8, 4) is 5.69 Å². The molecule has 0 fully saturated rings. The first-order valence-electron chi connectivity index (χ1n) is 7.65. The first-order valence-corrected chi connectivity index (χ1v) is 9.13. The molecule has 3 aromatic rings. The van der Waals surface area contributed by atoms with Crippen molar-refractivity contribution in [1.82, 2.24) is 9.78 Å². The lowest BCUT2D eigenvalue weighted by atomic mass is 10.1. The summed E-state index contributed by atoms with van der Waals surface area (Å²) in [5.74, 6) is -1.30. The monoisotopic (exact) mass is 411 g/mol. The molecule has 1 aromatic heterocycles. The summed E-state index contributed by atoms with van der Waals surface area (Å²) in [6, 6.07) is 9.64. The molecule has 0 unspecified atom stereocenters. The number of anilines is 1. The van der Waals surface area contributed by atoms with Crippen LogP contribution >= 0.6 is 0 Å². The summed E-state index contributed by atoms with van der Waals surface area (Å²) in [6.45, 7) is 0. The molecule has 28 heavy (non-hydrogen) atoms. The third kappa shape index (κ3) is 4.14. The number of hydrogen-bond acceptors (Lipinski definition) is 4. The van der Waals surface area contributed by atoms with E-state index in [-0.39, 0.29) is 21.8 Å². The molecular formula is C17H12F3N3O4S. The quantitative estimate of drug-likeness (QED) is 0.670. The molecule has 0 atom stereocenters. The van der Waals surface area contributed by atoms with E-state index in [1.165, 1.54) is 24.3 Å². The molecule has 0 aliphatic carbocycles. The first-order chi connectivity index (χ1) is 13.1.